The van der Waals surface area contributed by atoms with Crippen LogP contribution in [-0.2, 0) is 6.18 Å². The third kappa shape index (κ3) is 3.48. The Bertz CT molecular complexity index is 937. The molecule has 0 saturated carbocycles. The Hall–Kier alpha value is -2.87. The average molecular weight is 368 g/mol. The summed E-state index contributed by atoms with van der Waals surface area (Å²) in [4.78, 5) is 16.1. The van der Waals surface area contributed by atoms with E-state index in [2.05, 4.69) is 10.1 Å². The van der Waals surface area contributed by atoms with Gasteiger partial charge in [0.25, 0.3) is 0 Å². The first-order valence-electron chi connectivity index (χ1n) is 6.87. The van der Waals surface area contributed by atoms with Crippen LogP contribution in [0.25, 0.3) is 5.82 Å². The van der Waals surface area contributed by atoms with E-state index in [4.69, 9.17) is 11.6 Å². The topological polar surface area (TPSA) is 68.0 Å². The zero-order valence-electron chi connectivity index (χ0n) is 12.3. The molecule has 0 radical (unpaired) electrons. The van der Waals surface area contributed by atoms with Crippen molar-refractivity contribution < 1.29 is 23.1 Å². The monoisotopic (exact) mass is 367 g/mol. The van der Waals surface area contributed by atoms with Gasteiger partial charge in [0.15, 0.2) is 11.6 Å². The molecular formula is C16H9ClF3N3O2. The molecule has 1 aromatic carbocycles. The van der Waals surface area contributed by atoms with Crippen LogP contribution in [-0.4, -0.2) is 25.7 Å². The lowest BCUT2D eigenvalue weighted by Crippen LogP contribution is -2.07. The number of ketones is 1. The highest BCUT2D eigenvalue weighted by Crippen LogP contribution is 2.29. The summed E-state index contributed by atoms with van der Waals surface area (Å²) in [7, 11) is 0. The standard InChI is InChI=1S/C16H9ClF3N3O2/c17-11-2-3-13(24)12(5-11)15(25)9-6-22-23(8-9)14-4-1-10(7-21-14)16(18,19)20/h1-8,24H. The second-order valence-corrected chi connectivity index (χ2v) is 5.50. The van der Waals surface area contributed by atoms with Crippen LogP contribution in [0.1, 0.15) is 21.5 Å². The van der Waals surface area contributed by atoms with Crippen molar-refractivity contribution in [3.05, 3.63) is 70.6 Å². The Morgan fingerprint density at radius 3 is 2.56 bits per heavy atom. The van der Waals surface area contributed by atoms with Crippen molar-refractivity contribution in [3.8, 4) is 11.6 Å². The van der Waals surface area contributed by atoms with Gasteiger partial charge in [-0.05, 0) is 30.3 Å². The number of alkyl halides is 3. The lowest BCUT2D eigenvalue weighted by atomic mass is 10.1. The molecule has 2 aromatic heterocycles. The summed E-state index contributed by atoms with van der Waals surface area (Å²) in [5.74, 6) is -0.657. The smallest absolute Gasteiger partial charge is 0.417 e. The van der Waals surface area contributed by atoms with Crippen LogP contribution >= 0.6 is 11.6 Å². The Morgan fingerprint density at radius 2 is 1.92 bits per heavy atom. The zero-order valence-corrected chi connectivity index (χ0v) is 13.1. The van der Waals surface area contributed by atoms with Gasteiger partial charge in [0.1, 0.15) is 5.75 Å². The number of carbonyl (C=O) groups is 1. The number of phenols is 1. The fraction of sp³-hybridized carbons (Fsp3) is 0.0625. The van der Waals surface area contributed by atoms with Crippen molar-refractivity contribution in [2.24, 2.45) is 0 Å². The molecule has 2 heterocycles. The molecule has 0 aliphatic carbocycles. The fourth-order valence-corrected chi connectivity index (χ4v) is 2.27. The summed E-state index contributed by atoms with van der Waals surface area (Å²) < 4.78 is 38.8. The van der Waals surface area contributed by atoms with Crippen molar-refractivity contribution in [2.75, 3.05) is 0 Å². The Morgan fingerprint density at radius 1 is 1.16 bits per heavy atom. The maximum atomic E-state index is 12.5. The first kappa shape index (κ1) is 17.0. The highest BCUT2D eigenvalue weighted by Gasteiger charge is 2.30. The van der Waals surface area contributed by atoms with E-state index in [0.29, 0.717) is 6.20 Å². The van der Waals surface area contributed by atoms with Gasteiger partial charge in [-0.1, -0.05) is 11.6 Å². The number of nitrogens with zero attached hydrogens (tertiary/aromatic N) is 3. The summed E-state index contributed by atoms with van der Waals surface area (Å²) in [6.45, 7) is 0. The van der Waals surface area contributed by atoms with E-state index in [1.54, 1.807) is 0 Å². The summed E-state index contributed by atoms with van der Waals surface area (Å²) >= 11 is 5.82. The van der Waals surface area contributed by atoms with E-state index in [9.17, 15) is 23.1 Å². The van der Waals surface area contributed by atoms with Crippen LogP contribution in [0.15, 0.2) is 48.9 Å². The summed E-state index contributed by atoms with van der Waals surface area (Å²) in [6.07, 6.45) is -1.28. The average Bonchev–Trinajstić information content (AvgIpc) is 3.06. The van der Waals surface area contributed by atoms with Crippen LogP contribution in [0, 0.1) is 0 Å². The molecule has 0 unspecified atom stereocenters. The fourth-order valence-electron chi connectivity index (χ4n) is 2.10. The SMILES string of the molecule is O=C(c1cnn(-c2ccc(C(F)(F)F)cn2)c1)c1cc(Cl)ccc1O. The van der Waals surface area contributed by atoms with Gasteiger partial charge in [-0.3, -0.25) is 4.79 Å². The van der Waals surface area contributed by atoms with Gasteiger partial charge in [0.2, 0.25) is 0 Å². The highest BCUT2D eigenvalue weighted by molar-refractivity contribution is 6.31. The molecule has 0 aliphatic heterocycles. The molecule has 0 bridgehead atoms. The molecule has 0 fully saturated rings. The number of hydrogen-bond acceptors (Lipinski definition) is 4. The number of carbonyl (C=O) groups excluding carboxylic acids is 1. The van der Waals surface area contributed by atoms with Crippen LogP contribution in [0.4, 0.5) is 13.2 Å². The zero-order chi connectivity index (χ0) is 18.2. The van der Waals surface area contributed by atoms with E-state index >= 15 is 0 Å². The number of phenolic OH excluding ortho intramolecular Hbond substituents is 1. The van der Waals surface area contributed by atoms with Gasteiger partial charge in [-0.2, -0.15) is 18.3 Å². The molecule has 0 atom stereocenters. The Balaban J connectivity index is 1.90. The molecule has 5 nitrogen and oxygen atoms in total. The summed E-state index contributed by atoms with van der Waals surface area (Å²) in [5.41, 5.74) is -0.768. The molecular weight excluding hydrogens is 359 g/mol. The van der Waals surface area contributed by atoms with E-state index in [-0.39, 0.29) is 27.7 Å². The summed E-state index contributed by atoms with van der Waals surface area (Å²) in [5, 5.41) is 14.0. The minimum Gasteiger partial charge on any atom is -0.507 e. The van der Waals surface area contributed by atoms with Gasteiger partial charge in [-0.15, -0.1) is 0 Å². The molecule has 0 saturated heterocycles. The first-order valence-corrected chi connectivity index (χ1v) is 7.25. The lowest BCUT2D eigenvalue weighted by Gasteiger charge is -2.06. The Kier molecular flexibility index (Phi) is 4.22. The molecule has 3 aromatic rings. The number of halogens is 4. The normalized spacial score (nSPS) is 11.5. The largest absolute Gasteiger partial charge is 0.507 e. The van der Waals surface area contributed by atoms with Crippen LogP contribution in [0.5, 0.6) is 5.75 Å². The second kappa shape index (κ2) is 6.21. The van der Waals surface area contributed by atoms with Crippen molar-refractivity contribution in [1.82, 2.24) is 14.8 Å². The van der Waals surface area contributed by atoms with Gasteiger partial charge < -0.3 is 5.11 Å². The third-order valence-corrected chi connectivity index (χ3v) is 3.59. The maximum absolute atomic E-state index is 12.5. The van der Waals surface area contributed by atoms with Gasteiger partial charge in [0.05, 0.1) is 22.9 Å². The van der Waals surface area contributed by atoms with E-state index in [0.717, 1.165) is 16.8 Å². The number of aromatic nitrogens is 3. The predicted molar refractivity (Wildman–Crippen MR) is 82.9 cm³/mol. The van der Waals surface area contributed by atoms with E-state index in [1.807, 2.05) is 0 Å². The van der Waals surface area contributed by atoms with Crippen molar-refractivity contribution >= 4 is 17.4 Å². The predicted octanol–water partition coefficient (Wildman–Crippen LogP) is 3.88. The van der Waals surface area contributed by atoms with Crippen molar-refractivity contribution in [2.45, 2.75) is 6.18 Å². The van der Waals surface area contributed by atoms with Crippen LogP contribution in [0.2, 0.25) is 5.02 Å². The molecule has 25 heavy (non-hydrogen) atoms. The number of pyridine rings is 1. The molecule has 3 rings (SSSR count). The lowest BCUT2D eigenvalue weighted by molar-refractivity contribution is -0.137. The molecule has 0 amide bonds. The minimum absolute atomic E-state index is 0.00701. The van der Waals surface area contributed by atoms with Crippen LogP contribution in [0.3, 0.4) is 0 Å². The molecule has 0 aliphatic rings. The van der Waals surface area contributed by atoms with Gasteiger partial charge >= 0.3 is 6.18 Å². The maximum Gasteiger partial charge on any atom is 0.417 e. The molecule has 128 valence electrons. The van der Waals surface area contributed by atoms with Crippen molar-refractivity contribution in [3.63, 3.8) is 0 Å². The van der Waals surface area contributed by atoms with Gasteiger partial charge in [-0.25, -0.2) is 9.67 Å². The number of benzene rings is 1. The minimum atomic E-state index is -4.49. The number of rotatable bonds is 3. The quantitative estimate of drug-likeness (QED) is 0.713. The Labute approximate surface area is 144 Å². The van der Waals surface area contributed by atoms with Crippen molar-refractivity contribution in [1.29, 1.82) is 0 Å². The molecule has 1 N–H and O–H groups in total. The second-order valence-electron chi connectivity index (χ2n) is 5.07. The molecule has 0 spiro atoms. The highest BCUT2D eigenvalue weighted by atomic mass is 35.5. The first-order chi connectivity index (χ1) is 11.8. The van der Waals surface area contributed by atoms with Crippen LogP contribution < -0.4 is 0 Å². The summed E-state index contributed by atoms with van der Waals surface area (Å²) in [6, 6.07) is 6.04. The number of hydrogen-bond donors (Lipinski definition) is 1. The third-order valence-electron chi connectivity index (χ3n) is 3.36. The van der Waals surface area contributed by atoms with E-state index < -0.39 is 17.5 Å². The van der Waals surface area contributed by atoms with Gasteiger partial charge in [0, 0.05) is 17.4 Å². The van der Waals surface area contributed by atoms with E-state index in [1.165, 1.54) is 30.6 Å². The molecule has 9 heteroatoms. The number of aromatic hydroxyl groups is 1.